The second-order valence-corrected chi connectivity index (χ2v) is 4.88. The molecule has 1 aromatic rings. The van der Waals surface area contributed by atoms with Gasteiger partial charge in [-0.1, -0.05) is 45.0 Å². The van der Waals surface area contributed by atoms with Gasteiger partial charge in [0.05, 0.1) is 0 Å². The second-order valence-electron chi connectivity index (χ2n) is 4.88. The largest absolute Gasteiger partial charge is 0.298 e. The van der Waals surface area contributed by atoms with E-state index in [0.717, 1.165) is 17.4 Å². The summed E-state index contributed by atoms with van der Waals surface area (Å²) in [5.74, 6) is 0. The number of hydrogen-bond acceptors (Lipinski definition) is 1. The van der Waals surface area contributed by atoms with Gasteiger partial charge in [-0.05, 0) is 35.1 Å². The van der Waals surface area contributed by atoms with Crippen molar-refractivity contribution < 1.29 is 4.79 Å². The molecule has 1 aromatic carbocycles. The molecule has 80 valence electrons. The number of hydrogen-bond donors (Lipinski definition) is 0. The van der Waals surface area contributed by atoms with Gasteiger partial charge in [-0.15, -0.1) is 0 Å². The first-order valence-corrected chi connectivity index (χ1v) is 5.17. The molecule has 0 aliphatic carbocycles. The highest BCUT2D eigenvalue weighted by Gasteiger charge is 2.12. The summed E-state index contributed by atoms with van der Waals surface area (Å²) in [5, 5.41) is 0. The van der Waals surface area contributed by atoms with Gasteiger partial charge in [0.25, 0.3) is 0 Å². The standard InChI is InChI=1S/C14H18O/c1-11(10-15)9-12-5-7-13(8-6-12)14(2,3)4/h5-10H,1-4H3. The Morgan fingerprint density at radius 1 is 1.13 bits per heavy atom. The summed E-state index contributed by atoms with van der Waals surface area (Å²) >= 11 is 0. The monoisotopic (exact) mass is 202 g/mol. The summed E-state index contributed by atoms with van der Waals surface area (Å²) in [6.45, 7) is 8.38. The molecule has 0 bridgehead atoms. The fraction of sp³-hybridized carbons (Fsp3) is 0.357. The van der Waals surface area contributed by atoms with Crippen LogP contribution >= 0.6 is 0 Å². The van der Waals surface area contributed by atoms with Gasteiger partial charge in [0.15, 0.2) is 0 Å². The Labute approximate surface area is 91.8 Å². The predicted octanol–water partition coefficient (Wildman–Crippen LogP) is 3.59. The number of rotatable bonds is 2. The van der Waals surface area contributed by atoms with Crippen LogP contribution in [0.1, 0.15) is 38.8 Å². The molecule has 1 nitrogen and oxygen atoms in total. The van der Waals surface area contributed by atoms with Gasteiger partial charge in [0, 0.05) is 0 Å². The summed E-state index contributed by atoms with van der Waals surface area (Å²) in [7, 11) is 0. The number of aldehydes is 1. The van der Waals surface area contributed by atoms with E-state index in [4.69, 9.17) is 0 Å². The van der Waals surface area contributed by atoms with Crippen LogP contribution in [0.2, 0.25) is 0 Å². The average molecular weight is 202 g/mol. The molecule has 0 saturated carbocycles. The minimum atomic E-state index is 0.182. The lowest BCUT2D eigenvalue weighted by Crippen LogP contribution is -2.10. The third-order valence-corrected chi connectivity index (χ3v) is 2.36. The minimum absolute atomic E-state index is 0.182. The molecule has 1 heteroatoms. The molecule has 0 spiro atoms. The van der Waals surface area contributed by atoms with E-state index in [1.165, 1.54) is 5.56 Å². The molecule has 0 N–H and O–H groups in total. The van der Waals surface area contributed by atoms with Crippen LogP contribution in [0.4, 0.5) is 0 Å². The Balaban J connectivity index is 2.96. The Kier molecular flexibility index (Phi) is 3.46. The Morgan fingerprint density at radius 2 is 1.67 bits per heavy atom. The van der Waals surface area contributed by atoms with E-state index in [1.807, 2.05) is 25.1 Å². The van der Waals surface area contributed by atoms with E-state index in [1.54, 1.807) is 0 Å². The summed E-state index contributed by atoms with van der Waals surface area (Å²) in [6, 6.07) is 8.33. The van der Waals surface area contributed by atoms with Crippen LogP contribution in [-0.2, 0) is 10.2 Å². The van der Waals surface area contributed by atoms with E-state index in [0.29, 0.717) is 0 Å². The van der Waals surface area contributed by atoms with Crippen molar-refractivity contribution in [3.63, 3.8) is 0 Å². The molecule has 1 rings (SSSR count). The van der Waals surface area contributed by atoms with E-state index < -0.39 is 0 Å². The minimum Gasteiger partial charge on any atom is -0.298 e. The van der Waals surface area contributed by atoms with Crippen LogP contribution in [0, 0.1) is 0 Å². The molecule has 0 saturated heterocycles. The highest BCUT2D eigenvalue weighted by atomic mass is 16.1. The Bertz CT molecular complexity index is 363. The molecule has 15 heavy (non-hydrogen) atoms. The molecule has 0 amide bonds. The van der Waals surface area contributed by atoms with E-state index in [9.17, 15) is 4.79 Å². The second kappa shape index (κ2) is 4.43. The molecule has 0 atom stereocenters. The van der Waals surface area contributed by atoms with Crippen molar-refractivity contribution in [3.8, 4) is 0 Å². The third-order valence-electron chi connectivity index (χ3n) is 2.36. The van der Waals surface area contributed by atoms with Crippen LogP contribution in [-0.4, -0.2) is 6.29 Å². The zero-order valence-corrected chi connectivity index (χ0v) is 9.87. The maximum Gasteiger partial charge on any atom is 0.145 e. The number of carbonyl (C=O) groups excluding carboxylic acids is 1. The average Bonchev–Trinajstić information content (AvgIpc) is 2.17. The topological polar surface area (TPSA) is 17.1 Å². The van der Waals surface area contributed by atoms with E-state index in [-0.39, 0.29) is 5.41 Å². The maximum absolute atomic E-state index is 10.5. The Morgan fingerprint density at radius 3 is 2.07 bits per heavy atom. The third kappa shape index (κ3) is 3.35. The normalized spacial score (nSPS) is 12.7. The number of carbonyl (C=O) groups is 1. The van der Waals surface area contributed by atoms with Crippen molar-refractivity contribution >= 4 is 12.4 Å². The molecule has 0 aromatic heterocycles. The smallest absolute Gasteiger partial charge is 0.145 e. The highest BCUT2D eigenvalue weighted by molar-refractivity contribution is 5.80. The lowest BCUT2D eigenvalue weighted by Gasteiger charge is -2.18. The van der Waals surface area contributed by atoms with Gasteiger partial charge < -0.3 is 0 Å². The van der Waals surface area contributed by atoms with Gasteiger partial charge in [-0.3, -0.25) is 4.79 Å². The van der Waals surface area contributed by atoms with Crippen molar-refractivity contribution in [2.24, 2.45) is 0 Å². The van der Waals surface area contributed by atoms with Gasteiger partial charge in [0.1, 0.15) is 6.29 Å². The van der Waals surface area contributed by atoms with Crippen molar-refractivity contribution in [2.75, 3.05) is 0 Å². The summed E-state index contributed by atoms with van der Waals surface area (Å²) in [6.07, 6.45) is 2.76. The zero-order chi connectivity index (χ0) is 11.5. The van der Waals surface area contributed by atoms with Gasteiger partial charge in [-0.2, -0.15) is 0 Å². The fourth-order valence-corrected chi connectivity index (χ4v) is 1.38. The van der Waals surface area contributed by atoms with E-state index in [2.05, 4.69) is 32.9 Å². The highest BCUT2D eigenvalue weighted by Crippen LogP contribution is 2.22. The van der Waals surface area contributed by atoms with Gasteiger partial charge >= 0.3 is 0 Å². The SMILES string of the molecule is CC(C=O)=Cc1ccc(C(C)(C)C)cc1. The van der Waals surface area contributed by atoms with Gasteiger partial charge in [-0.25, -0.2) is 0 Å². The quantitative estimate of drug-likeness (QED) is 0.529. The van der Waals surface area contributed by atoms with Crippen molar-refractivity contribution in [1.29, 1.82) is 0 Å². The number of allylic oxidation sites excluding steroid dienone is 1. The van der Waals surface area contributed by atoms with Crippen molar-refractivity contribution in [1.82, 2.24) is 0 Å². The molecular formula is C14H18O. The first kappa shape index (κ1) is 11.7. The van der Waals surface area contributed by atoms with Crippen LogP contribution in [0.15, 0.2) is 29.8 Å². The molecule has 0 heterocycles. The van der Waals surface area contributed by atoms with Crippen LogP contribution in [0.3, 0.4) is 0 Å². The van der Waals surface area contributed by atoms with Crippen molar-refractivity contribution in [2.45, 2.75) is 33.1 Å². The number of benzene rings is 1. The van der Waals surface area contributed by atoms with Crippen LogP contribution < -0.4 is 0 Å². The molecule has 0 radical (unpaired) electrons. The molecule has 0 fully saturated rings. The van der Waals surface area contributed by atoms with Crippen LogP contribution in [0.5, 0.6) is 0 Å². The summed E-state index contributed by atoms with van der Waals surface area (Å²) in [4.78, 5) is 10.5. The molecule has 0 unspecified atom stereocenters. The fourth-order valence-electron chi connectivity index (χ4n) is 1.38. The van der Waals surface area contributed by atoms with Crippen molar-refractivity contribution in [3.05, 3.63) is 41.0 Å². The maximum atomic E-state index is 10.5. The lowest BCUT2D eigenvalue weighted by molar-refractivity contribution is -0.104. The van der Waals surface area contributed by atoms with Gasteiger partial charge in [0.2, 0.25) is 0 Å². The van der Waals surface area contributed by atoms with E-state index >= 15 is 0 Å². The lowest BCUT2D eigenvalue weighted by atomic mass is 9.86. The molecular weight excluding hydrogens is 184 g/mol. The molecule has 0 aliphatic rings. The zero-order valence-electron chi connectivity index (χ0n) is 9.87. The first-order valence-electron chi connectivity index (χ1n) is 5.17. The predicted molar refractivity (Wildman–Crippen MR) is 64.9 cm³/mol. The summed E-state index contributed by atoms with van der Waals surface area (Å²) in [5.41, 5.74) is 3.32. The summed E-state index contributed by atoms with van der Waals surface area (Å²) < 4.78 is 0. The first-order chi connectivity index (χ1) is 6.93. The molecule has 0 aliphatic heterocycles. The Hall–Kier alpha value is -1.37. The van der Waals surface area contributed by atoms with Crippen LogP contribution in [0.25, 0.3) is 6.08 Å².